The van der Waals surface area contributed by atoms with Crippen LogP contribution in [0.3, 0.4) is 0 Å². The van der Waals surface area contributed by atoms with Gasteiger partial charge in [-0.1, -0.05) is 13.8 Å². The average Bonchev–Trinajstić information content (AvgIpc) is 2.26. The maximum absolute atomic E-state index is 13.4. The van der Waals surface area contributed by atoms with E-state index in [1.807, 2.05) is 13.8 Å². The summed E-state index contributed by atoms with van der Waals surface area (Å²) in [5.41, 5.74) is 0.380. The van der Waals surface area contributed by atoms with Crippen LogP contribution in [0.25, 0.3) is 10.8 Å². The second-order valence-electron chi connectivity index (χ2n) is 3.28. The van der Waals surface area contributed by atoms with Crippen molar-refractivity contribution in [1.29, 1.82) is 0 Å². The lowest BCUT2D eigenvalue weighted by atomic mass is 10.1. The van der Waals surface area contributed by atoms with Crippen LogP contribution in [-0.4, -0.2) is 9.78 Å². The Morgan fingerprint density at radius 3 is 2.56 bits per heavy atom. The van der Waals surface area contributed by atoms with Gasteiger partial charge in [-0.15, -0.1) is 0 Å². The maximum atomic E-state index is 13.4. The van der Waals surface area contributed by atoms with Crippen molar-refractivity contribution in [2.45, 2.75) is 20.8 Å². The number of hydrogen-bond donors (Lipinski definition) is 0. The highest BCUT2D eigenvalue weighted by Gasteiger charge is 2.07. The van der Waals surface area contributed by atoms with Gasteiger partial charge in [-0.25, -0.2) is 9.07 Å². The smallest absolute Gasteiger partial charge is 0.267 e. The van der Waals surface area contributed by atoms with Crippen LogP contribution < -0.4 is 5.56 Å². The topological polar surface area (TPSA) is 34.9 Å². The molecule has 0 saturated heterocycles. The molecule has 1 aromatic carbocycles. The third-order valence-corrected chi connectivity index (χ3v) is 2.14. The molecule has 2 aromatic rings. The van der Waals surface area contributed by atoms with Crippen molar-refractivity contribution in [1.82, 2.24) is 9.78 Å². The lowest BCUT2D eigenvalue weighted by molar-refractivity contribution is 0.631. The molecule has 86 valence electrons. The van der Waals surface area contributed by atoms with Crippen LogP contribution in [0, 0.1) is 12.7 Å². The molecular formula is C12H15FN2O. The van der Waals surface area contributed by atoms with Gasteiger partial charge in [-0.2, -0.15) is 5.10 Å². The fourth-order valence-electron chi connectivity index (χ4n) is 1.46. The second-order valence-corrected chi connectivity index (χ2v) is 3.28. The predicted molar refractivity (Wildman–Crippen MR) is 63.0 cm³/mol. The van der Waals surface area contributed by atoms with Gasteiger partial charge in [0.2, 0.25) is 0 Å². The van der Waals surface area contributed by atoms with E-state index in [0.29, 0.717) is 5.39 Å². The molecule has 1 aromatic heterocycles. The quantitative estimate of drug-likeness (QED) is 0.686. The molecule has 0 fully saturated rings. The van der Waals surface area contributed by atoms with Crippen molar-refractivity contribution < 1.29 is 4.39 Å². The molecular weight excluding hydrogens is 207 g/mol. The molecule has 0 spiro atoms. The molecule has 0 amide bonds. The molecule has 0 aliphatic carbocycles. The molecule has 0 radical (unpaired) electrons. The summed E-state index contributed by atoms with van der Waals surface area (Å²) in [7, 11) is 1.50. The number of aromatic nitrogens is 2. The highest BCUT2D eigenvalue weighted by atomic mass is 19.1. The lowest BCUT2D eigenvalue weighted by Crippen LogP contribution is -2.20. The molecule has 1 heterocycles. The van der Waals surface area contributed by atoms with Crippen LogP contribution in [-0.2, 0) is 7.05 Å². The van der Waals surface area contributed by atoms with Gasteiger partial charge >= 0.3 is 0 Å². The number of nitrogens with zero attached hydrogens (tertiary/aromatic N) is 2. The van der Waals surface area contributed by atoms with E-state index in [-0.39, 0.29) is 5.39 Å². The molecule has 0 aliphatic rings. The van der Waals surface area contributed by atoms with Crippen molar-refractivity contribution >= 4 is 10.8 Å². The zero-order valence-corrected chi connectivity index (χ0v) is 9.91. The Labute approximate surface area is 93.5 Å². The normalized spacial score (nSPS) is 9.81. The molecule has 0 unspecified atom stereocenters. The van der Waals surface area contributed by atoms with E-state index in [0.717, 1.165) is 10.2 Å². The Morgan fingerprint density at radius 1 is 1.31 bits per heavy atom. The molecule has 16 heavy (non-hydrogen) atoms. The Bertz CT molecular complexity index is 561. The fraction of sp³-hybridized carbons (Fsp3) is 0.333. The third kappa shape index (κ3) is 2.10. The van der Waals surface area contributed by atoms with Gasteiger partial charge in [0, 0.05) is 12.4 Å². The Balaban J connectivity index is 0.000000606. The highest BCUT2D eigenvalue weighted by molar-refractivity contribution is 5.81. The minimum atomic E-state index is -0.483. The largest absolute Gasteiger partial charge is 0.277 e. The van der Waals surface area contributed by atoms with Crippen LogP contribution in [0.5, 0.6) is 0 Å². The van der Waals surface area contributed by atoms with Crippen LogP contribution in [0.4, 0.5) is 4.39 Å². The van der Waals surface area contributed by atoms with Crippen LogP contribution in [0.1, 0.15) is 19.4 Å². The minimum Gasteiger partial charge on any atom is -0.267 e. The Morgan fingerprint density at radius 2 is 1.94 bits per heavy atom. The summed E-state index contributed by atoms with van der Waals surface area (Å²) in [5.74, 6) is -0.483. The Kier molecular flexibility index (Phi) is 3.77. The van der Waals surface area contributed by atoms with E-state index in [1.165, 1.54) is 19.3 Å². The molecule has 0 N–H and O–H groups in total. The molecule has 0 bridgehead atoms. The second kappa shape index (κ2) is 4.88. The zero-order chi connectivity index (χ0) is 12.3. The fourth-order valence-corrected chi connectivity index (χ4v) is 1.46. The Hall–Kier alpha value is -1.71. The zero-order valence-electron chi connectivity index (χ0n) is 9.91. The molecule has 4 heteroatoms. The van der Waals surface area contributed by atoms with E-state index in [9.17, 15) is 9.18 Å². The van der Waals surface area contributed by atoms with E-state index >= 15 is 0 Å². The van der Waals surface area contributed by atoms with Gasteiger partial charge in [-0.3, -0.25) is 4.79 Å². The first kappa shape index (κ1) is 12.4. The van der Waals surface area contributed by atoms with E-state index < -0.39 is 11.4 Å². The molecule has 0 atom stereocenters. The summed E-state index contributed by atoms with van der Waals surface area (Å²) in [4.78, 5) is 11.5. The van der Waals surface area contributed by atoms with Gasteiger partial charge < -0.3 is 0 Å². The number of aryl methyl sites for hydroxylation is 2. The molecule has 2 rings (SSSR count). The van der Waals surface area contributed by atoms with E-state index in [4.69, 9.17) is 0 Å². The summed E-state index contributed by atoms with van der Waals surface area (Å²) in [6, 6.07) is 3.09. The van der Waals surface area contributed by atoms with Gasteiger partial charge in [0.25, 0.3) is 5.56 Å². The van der Waals surface area contributed by atoms with Crippen molar-refractivity contribution in [2.75, 3.05) is 0 Å². The molecule has 0 saturated carbocycles. The predicted octanol–water partition coefficient (Wildman–Crippen LogP) is 2.41. The first-order valence-electron chi connectivity index (χ1n) is 5.22. The lowest BCUT2D eigenvalue weighted by Gasteiger charge is -2.02. The SMILES string of the molecule is CC.Cc1cc(F)c2c(=O)n(C)ncc2c1. The van der Waals surface area contributed by atoms with Crippen molar-refractivity contribution in [2.24, 2.45) is 7.05 Å². The van der Waals surface area contributed by atoms with Crippen LogP contribution in [0.15, 0.2) is 23.1 Å². The summed E-state index contributed by atoms with van der Waals surface area (Å²) in [6.45, 7) is 5.78. The summed E-state index contributed by atoms with van der Waals surface area (Å²) < 4.78 is 14.6. The first-order valence-corrected chi connectivity index (χ1v) is 5.22. The number of benzene rings is 1. The van der Waals surface area contributed by atoms with Gasteiger partial charge in [0.15, 0.2) is 0 Å². The highest BCUT2D eigenvalue weighted by Crippen LogP contribution is 2.14. The monoisotopic (exact) mass is 222 g/mol. The van der Waals surface area contributed by atoms with Crippen LogP contribution in [0.2, 0.25) is 0 Å². The van der Waals surface area contributed by atoms with Gasteiger partial charge in [0.05, 0.1) is 11.6 Å². The van der Waals surface area contributed by atoms with Gasteiger partial charge in [0.1, 0.15) is 5.82 Å². The maximum Gasteiger partial charge on any atom is 0.277 e. The van der Waals surface area contributed by atoms with E-state index in [2.05, 4.69) is 5.10 Å². The standard InChI is InChI=1S/C10H9FN2O.C2H6/c1-6-3-7-5-12-13(2)10(14)9(7)8(11)4-6;1-2/h3-5H,1-2H3;1-2H3. The van der Waals surface area contributed by atoms with Crippen molar-refractivity contribution in [3.63, 3.8) is 0 Å². The minimum absolute atomic E-state index is 0.105. The number of hydrogen-bond acceptors (Lipinski definition) is 2. The summed E-state index contributed by atoms with van der Waals surface area (Å²) >= 11 is 0. The summed E-state index contributed by atoms with van der Waals surface area (Å²) in [6.07, 6.45) is 1.49. The first-order chi connectivity index (χ1) is 7.59. The molecule has 0 aliphatic heterocycles. The van der Waals surface area contributed by atoms with E-state index in [1.54, 1.807) is 13.0 Å². The average molecular weight is 222 g/mol. The number of rotatable bonds is 0. The molecule has 3 nitrogen and oxygen atoms in total. The number of fused-ring (bicyclic) bond motifs is 1. The third-order valence-electron chi connectivity index (χ3n) is 2.14. The van der Waals surface area contributed by atoms with Crippen LogP contribution >= 0.6 is 0 Å². The van der Waals surface area contributed by atoms with Crippen molar-refractivity contribution in [3.05, 3.63) is 40.1 Å². The van der Waals surface area contributed by atoms with Gasteiger partial charge in [-0.05, 0) is 24.6 Å². The summed E-state index contributed by atoms with van der Waals surface area (Å²) in [5, 5.41) is 4.48. The van der Waals surface area contributed by atoms with Crippen molar-refractivity contribution in [3.8, 4) is 0 Å². The number of halogens is 1.